The first-order valence-electron chi connectivity index (χ1n) is 7.45. The summed E-state index contributed by atoms with van der Waals surface area (Å²) in [6, 6.07) is 3.27. The van der Waals surface area contributed by atoms with Crippen molar-refractivity contribution in [1.82, 2.24) is 0 Å². The molecule has 1 aromatic rings. The average molecular weight is 373 g/mol. The average Bonchev–Trinajstić information content (AvgIpc) is 3.01. The molecule has 6 heteroatoms. The van der Waals surface area contributed by atoms with Crippen LogP contribution >= 0.6 is 15.9 Å². The van der Waals surface area contributed by atoms with E-state index < -0.39 is 12.1 Å². The van der Waals surface area contributed by atoms with Crippen molar-refractivity contribution in [3.05, 3.63) is 22.2 Å². The summed E-state index contributed by atoms with van der Waals surface area (Å²) in [5.41, 5.74) is 0.404. The van der Waals surface area contributed by atoms with E-state index in [0.29, 0.717) is 21.5 Å². The highest BCUT2D eigenvalue weighted by Crippen LogP contribution is 2.40. The van der Waals surface area contributed by atoms with Gasteiger partial charge in [0.1, 0.15) is 0 Å². The minimum absolute atomic E-state index is 0.186. The van der Waals surface area contributed by atoms with Crippen molar-refractivity contribution in [2.75, 3.05) is 13.7 Å². The normalized spacial score (nSPS) is 16.4. The van der Waals surface area contributed by atoms with Gasteiger partial charge in [0.2, 0.25) is 0 Å². The number of hydrogen-bond acceptors (Lipinski definition) is 5. The quantitative estimate of drug-likeness (QED) is 0.775. The lowest BCUT2D eigenvalue weighted by Gasteiger charge is -2.19. The molecule has 1 unspecified atom stereocenters. The van der Waals surface area contributed by atoms with Gasteiger partial charge in [-0.1, -0.05) is 0 Å². The van der Waals surface area contributed by atoms with E-state index in [2.05, 4.69) is 15.9 Å². The third kappa shape index (κ3) is 3.93. The van der Waals surface area contributed by atoms with Gasteiger partial charge in [0.25, 0.3) is 0 Å². The molecule has 1 atom stereocenters. The van der Waals surface area contributed by atoms with Gasteiger partial charge in [-0.2, -0.15) is 0 Å². The Kier molecular flexibility index (Phi) is 6.08. The Bertz CT molecular complexity index is 526. The lowest BCUT2D eigenvalue weighted by atomic mass is 10.1. The van der Waals surface area contributed by atoms with Gasteiger partial charge in [-0.25, -0.2) is 4.79 Å². The first kappa shape index (κ1) is 17.1. The molecule has 1 N–H and O–H groups in total. The van der Waals surface area contributed by atoms with Crippen LogP contribution in [-0.2, 0) is 9.53 Å². The molecule has 0 radical (unpaired) electrons. The van der Waals surface area contributed by atoms with Crippen molar-refractivity contribution >= 4 is 21.9 Å². The Morgan fingerprint density at radius 3 is 2.68 bits per heavy atom. The van der Waals surface area contributed by atoms with Crippen LogP contribution < -0.4 is 9.47 Å². The summed E-state index contributed by atoms with van der Waals surface area (Å²) in [5.74, 6) is 0.412. The number of benzene rings is 1. The van der Waals surface area contributed by atoms with Crippen molar-refractivity contribution in [2.45, 2.75) is 44.8 Å². The molecule has 22 heavy (non-hydrogen) atoms. The van der Waals surface area contributed by atoms with Crippen molar-refractivity contribution < 1.29 is 24.1 Å². The second kappa shape index (κ2) is 7.83. The largest absolute Gasteiger partial charge is 0.493 e. The Balaban J connectivity index is 2.24. The van der Waals surface area contributed by atoms with E-state index in [0.717, 1.165) is 12.8 Å². The Hall–Kier alpha value is -1.27. The minimum atomic E-state index is -1.34. The molecule has 1 saturated carbocycles. The fraction of sp³-hybridized carbons (Fsp3) is 0.562. The number of aliphatic hydroxyl groups is 1. The number of hydrogen-bond donors (Lipinski definition) is 1. The molecule has 0 aliphatic heterocycles. The first-order valence-corrected chi connectivity index (χ1v) is 8.24. The molecule has 0 bridgehead atoms. The van der Waals surface area contributed by atoms with Crippen LogP contribution in [0, 0.1) is 0 Å². The lowest BCUT2D eigenvalue weighted by Crippen LogP contribution is -2.16. The fourth-order valence-electron chi connectivity index (χ4n) is 2.54. The number of methoxy groups -OCH3 is 1. The monoisotopic (exact) mass is 372 g/mol. The molecule has 0 saturated heterocycles. The van der Waals surface area contributed by atoms with E-state index >= 15 is 0 Å². The van der Waals surface area contributed by atoms with Gasteiger partial charge >= 0.3 is 5.97 Å². The zero-order valence-electron chi connectivity index (χ0n) is 12.8. The summed E-state index contributed by atoms with van der Waals surface area (Å²) in [4.78, 5) is 11.7. The highest BCUT2D eigenvalue weighted by Gasteiger charge is 2.24. The highest BCUT2D eigenvalue weighted by atomic mass is 79.9. The molecule has 0 aromatic heterocycles. The third-order valence-electron chi connectivity index (χ3n) is 3.66. The Labute approximate surface area is 138 Å². The zero-order chi connectivity index (χ0) is 16.1. The number of halogens is 1. The van der Waals surface area contributed by atoms with E-state index in [9.17, 15) is 9.90 Å². The lowest BCUT2D eigenvalue weighted by molar-refractivity contribution is -0.153. The van der Waals surface area contributed by atoms with Crippen molar-refractivity contribution in [1.29, 1.82) is 0 Å². The van der Waals surface area contributed by atoms with Crippen LogP contribution in [0.4, 0.5) is 0 Å². The van der Waals surface area contributed by atoms with Crippen LogP contribution in [-0.4, -0.2) is 30.9 Å². The second-order valence-electron chi connectivity index (χ2n) is 5.21. The predicted molar refractivity (Wildman–Crippen MR) is 85.2 cm³/mol. The summed E-state index contributed by atoms with van der Waals surface area (Å²) in [6.45, 7) is 1.91. The van der Waals surface area contributed by atoms with E-state index in [1.165, 1.54) is 20.0 Å². The van der Waals surface area contributed by atoms with Crippen LogP contribution in [0.1, 0.15) is 44.3 Å². The fourth-order valence-corrected chi connectivity index (χ4v) is 3.10. The molecule has 0 amide bonds. The maximum atomic E-state index is 11.7. The Morgan fingerprint density at radius 2 is 2.09 bits per heavy atom. The summed E-state index contributed by atoms with van der Waals surface area (Å²) >= 11 is 3.43. The highest BCUT2D eigenvalue weighted by molar-refractivity contribution is 9.10. The zero-order valence-corrected chi connectivity index (χ0v) is 14.4. The molecule has 0 heterocycles. The van der Waals surface area contributed by atoms with Crippen LogP contribution in [0.3, 0.4) is 0 Å². The van der Waals surface area contributed by atoms with Crippen LogP contribution in [0.5, 0.6) is 11.5 Å². The maximum absolute atomic E-state index is 11.7. The van der Waals surface area contributed by atoms with Crippen molar-refractivity contribution in [2.24, 2.45) is 0 Å². The van der Waals surface area contributed by atoms with E-state index in [1.54, 1.807) is 19.1 Å². The van der Waals surface area contributed by atoms with Gasteiger partial charge in [-0.05, 0) is 66.2 Å². The summed E-state index contributed by atoms with van der Waals surface area (Å²) < 4.78 is 16.8. The molecule has 1 aliphatic carbocycles. The second-order valence-corrected chi connectivity index (χ2v) is 6.07. The summed E-state index contributed by atoms with van der Waals surface area (Å²) in [5, 5.41) is 10.0. The topological polar surface area (TPSA) is 65.0 Å². The standard InChI is InChI=1S/C16H21BrO5/c1-3-21-16(19)14(18)10-8-12(17)15(13(9-10)20-2)22-11-6-4-5-7-11/h8-9,11,14,18H,3-7H2,1-2H3. The maximum Gasteiger partial charge on any atom is 0.339 e. The van der Waals surface area contributed by atoms with Crippen LogP contribution in [0.25, 0.3) is 0 Å². The number of rotatable bonds is 6. The number of ether oxygens (including phenoxy) is 3. The molecule has 122 valence electrons. The van der Waals surface area contributed by atoms with E-state index in [-0.39, 0.29) is 12.7 Å². The Morgan fingerprint density at radius 1 is 1.41 bits per heavy atom. The van der Waals surface area contributed by atoms with E-state index in [4.69, 9.17) is 14.2 Å². The van der Waals surface area contributed by atoms with Crippen LogP contribution in [0.2, 0.25) is 0 Å². The molecular weight excluding hydrogens is 352 g/mol. The number of aliphatic hydroxyl groups excluding tert-OH is 1. The van der Waals surface area contributed by atoms with Gasteiger partial charge in [0.15, 0.2) is 17.6 Å². The van der Waals surface area contributed by atoms with Crippen molar-refractivity contribution in [3.63, 3.8) is 0 Å². The van der Waals surface area contributed by atoms with Gasteiger partial charge in [-0.15, -0.1) is 0 Å². The third-order valence-corrected chi connectivity index (χ3v) is 4.25. The molecule has 1 aliphatic rings. The van der Waals surface area contributed by atoms with Gasteiger partial charge in [0, 0.05) is 0 Å². The predicted octanol–water partition coefficient (Wildman–Crippen LogP) is 3.38. The minimum Gasteiger partial charge on any atom is -0.493 e. The van der Waals surface area contributed by atoms with E-state index in [1.807, 2.05) is 0 Å². The van der Waals surface area contributed by atoms with Gasteiger partial charge in [0.05, 0.1) is 24.3 Å². The molecule has 2 rings (SSSR count). The molecule has 1 fully saturated rings. The number of carbonyl (C=O) groups excluding carboxylic acids is 1. The molecule has 0 spiro atoms. The molecule has 5 nitrogen and oxygen atoms in total. The SMILES string of the molecule is CCOC(=O)C(O)c1cc(Br)c(OC2CCCC2)c(OC)c1. The number of esters is 1. The number of carbonyl (C=O) groups is 1. The summed E-state index contributed by atoms with van der Waals surface area (Å²) in [6.07, 6.45) is 3.25. The summed E-state index contributed by atoms with van der Waals surface area (Å²) in [7, 11) is 1.53. The first-order chi connectivity index (χ1) is 10.6. The smallest absolute Gasteiger partial charge is 0.339 e. The van der Waals surface area contributed by atoms with Crippen molar-refractivity contribution in [3.8, 4) is 11.5 Å². The van der Waals surface area contributed by atoms with Gasteiger partial charge in [-0.3, -0.25) is 0 Å². The van der Waals surface area contributed by atoms with Crippen LogP contribution in [0.15, 0.2) is 16.6 Å². The molecular formula is C16H21BrO5. The molecule has 1 aromatic carbocycles. The van der Waals surface area contributed by atoms with Gasteiger partial charge < -0.3 is 19.3 Å².